The van der Waals surface area contributed by atoms with E-state index < -0.39 is 11.6 Å². The van der Waals surface area contributed by atoms with Gasteiger partial charge in [-0.1, -0.05) is 13.0 Å². The molecule has 1 aromatic carbocycles. The summed E-state index contributed by atoms with van der Waals surface area (Å²) in [4.78, 5) is 19.5. The van der Waals surface area contributed by atoms with E-state index in [1.807, 2.05) is 37.6 Å². The normalized spacial score (nSPS) is 16.8. The third-order valence-corrected chi connectivity index (χ3v) is 7.97. The van der Waals surface area contributed by atoms with Gasteiger partial charge in [0.1, 0.15) is 29.5 Å². The van der Waals surface area contributed by atoms with Gasteiger partial charge >= 0.3 is 0 Å². The molecule has 40 heavy (non-hydrogen) atoms. The molecule has 1 fully saturated rings. The van der Waals surface area contributed by atoms with Gasteiger partial charge in [0.25, 0.3) is 0 Å². The van der Waals surface area contributed by atoms with Crippen LogP contribution in [0.15, 0.2) is 52.5 Å². The summed E-state index contributed by atoms with van der Waals surface area (Å²) in [5.41, 5.74) is 2.33. The molecule has 0 aliphatic carbocycles. The summed E-state index contributed by atoms with van der Waals surface area (Å²) in [6, 6.07) is 7.65. The van der Waals surface area contributed by atoms with Crippen molar-refractivity contribution < 1.29 is 8.78 Å². The topological polar surface area (TPSA) is 70.7 Å². The number of hydrogen-bond acceptors (Lipinski definition) is 6. The van der Waals surface area contributed by atoms with Crippen LogP contribution in [0.3, 0.4) is 0 Å². The van der Waals surface area contributed by atoms with Gasteiger partial charge in [0.2, 0.25) is 0 Å². The summed E-state index contributed by atoms with van der Waals surface area (Å²) < 4.78 is 32.0. The highest BCUT2D eigenvalue weighted by molar-refractivity contribution is 6.12. The Kier molecular flexibility index (Phi) is 9.45. The van der Waals surface area contributed by atoms with Crippen LogP contribution in [0.1, 0.15) is 76.4 Å². The molecule has 0 amide bonds. The maximum Gasteiger partial charge on any atom is 0.167 e. The van der Waals surface area contributed by atoms with Crippen molar-refractivity contribution in [2.24, 2.45) is 15.9 Å². The number of fused-ring (bicyclic) bond motifs is 1. The second-order valence-electron chi connectivity index (χ2n) is 11.2. The SMILES string of the molecule is C=N/C=C(/F)C(=NCNc1ccc(C(C)C2CCN(C(C)C)CC2)cn1)c1cc(F)c2nc(C)n(C(C)C)c2c1. The molecule has 1 atom stereocenters. The first-order valence-corrected chi connectivity index (χ1v) is 14.1. The summed E-state index contributed by atoms with van der Waals surface area (Å²) in [6.07, 6.45) is 5.28. The predicted octanol–water partition coefficient (Wildman–Crippen LogP) is 7.05. The zero-order chi connectivity index (χ0) is 29.0. The van der Waals surface area contributed by atoms with Gasteiger partial charge in [-0.25, -0.2) is 18.7 Å². The first kappa shape index (κ1) is 29.5. The van der Waals surface area contributed by atoms with Crippen molar-refractivity contribution >= 4 is 29.3 Å². The Morgan fingerprint density at radius 1 is 1.15 bits per heavy atom. The molecular formula is C31H41F2N7. The van der Waals surface area contributed by atoms with Crippen molar-refractivity contribution in [3.63, 3.8) is 0 Å². The Hall–Kier alpha value is -3.46. The number of piperidine rings is 1. The number of benzene rings is 1. The van der Waals surface area contributed by atoms with Crippen LogP contribution in [0.5, 0.6) is 0 Å². The van der Waals surface area contributed by atoms with Gasteiger partial charge in [-0.15, -0.1) is 0 Å². The van der Waals surface area contributed by atoms with E-state index in [4.69, 9.17) is 0 Å². The molecule has 0 bridgehead atoms. The van der Waals surface area contributed by atoms with Gasteiger partial charge in [0.05, 0.1) is 11.7 Å². The van der Waals surface area contributed by atoms with Gasteiger partial charge in [0.15, 0.2) is 11.6 Å². The van der Waals surface area contributed by atoms with Crippen LogP contribution in [0.25, 0.3) is 11.0 Å². The zero-order valence-corrected chi connectivity index (χ0v) is 24.5. The predicted molar refractivity (Wildman–Crippen MR) is 161 cm³/mol. The minimum absolute atomic E-state index is 0.0205. The smallest absolute Gasteiger partial charge is 0.167 e. The van der Waals surface area contributed by atoms with Crippen molar-refractivity contribution in [1.82, 2.24) is 19.4 Å². The Morgan fingerprint density at radius 2 is 1.88 bits per heavy atom. The largest absolute Gasteiger partial charge is 0.351 e. The minimum atomic E-state index is -0.705. The molecule has 1 saturated heterocycles. The summed E-state index contributed by atoms with van der Waals surface area (Å²) in [5, 5.41) is 3.13. The third-order valence-electron chi connectivity index (χ3n) is 7.97. The third kappa shape index (κ3) is 6.46. The van der Waals surface area contributed by atoms with Gasteiger partial charge in [0, 0.05) is 23.8 Å². The number of allylic oxidation sites excluding steroid dienone is 1. The monoisotopic (exact) mass is 549 g/mol. The van der Waals surface area contributed by atoms with Gasteiger partial charge in [-0.3, -0.25) is 9.98 Å². The molecule has 1 unspecified atom stereocenters. The number of halogens is 2. The average Bonchev–Trinajstić information content (AvgIpc) is 3.27. The Labute approximate surface area is 236 Å². The molecule has 0 spiro atoms. The van der Waals surface area contributed by atoms with Crippen LogP contribution >= 0.6 is 0 Å². The number of likely N-dealkylation sites (tertiary alicyclic amines) is 1. The Morgan fingerprint density at radius 3 is 2.48 bits per heavy atom. The van der Waals surface area contributed by atoms with E-state index in [2.05, 4.69) is 63.7 Å². The number of imidazole rings is 1. The summed E-state index contributed by atoms with van der Waals surface area (Å²) in [5.74, 6) is 1.16. The highest BCUT2D eigenvalue weighted by Crippen LogP contribution is 2.33. The molecular weight excluding hydrogens is 508 g/mol. The number of aliphatic imine (C=N–C) groups is 2. The number of anilines is 1. The second-order valence-corrected chi connectivity index (χ2v) is 11.2. The van der Waals surface area contributed by atoms with Crippen molar-refractivity contribution in [1.29, 1.82) is 0 Å². The molecule has 3 heterocycles. The quantitative estimate of drug-likeness (QED) is 0.275. The lowest BCUT2D eigenvalue weighted by molar-refractivity contribution is 0.139. The number of nitrogens with one attached hydrogen (secondary N) is 1. The fraction of sp³-hybridized carbons (Fsp3) is 0.484. The molecule has 2 aromatic heterocycles. The maximum atomic E-state index is 15.1. The Balaban J connectivity index is 1.50. The summed E-state index contributed by atoms with van der Waals surface area (Å²) in [6.45, 7) is 18.3. The van der Waals surface area contributed by atoms with E-state index >= 15 is 8.78 Å². The first-order valence-electron chi connectivity index (χ1n) is 14.1. The van der Waals surface area contributed by atoms with Crippen LogP contribution in [0.2, 0.25) is 0 Å². The van der Waals surface area contributed by atoms with Gasteiger partial charge < -0.3 is 14.8 Å². The number of rotatable bonds is 10. The highest BCUT2D eigenvalue weighted by atomic mass is 19.1. The molecule has 0 saturated carbocycles. The van der Waals surface area contributed by atoms with E-state index in [0.717, 1.165) is 19.3 Å². The number of nitrogens with zero attached hydrogens (tertiary/aromatic N) is 6. The van der Waals surface area contributed by atoms with E-state index in [-0.39, 0.29) is 23.9 Å². The lowest BCUT2D eigenvalue weighted by atomic mass is 9.81. The Bertz CT molecular complexity index is 1380. The fourth-order valence-corrected chi connectivity index (χ4v) is 5.69. The number of pyridine rings is 1. The molecule has 1 aliphatic heterocycles. The zero-order valence-electron chi connectivity index (χ0n) is 24.5. The summed E-state index contributed by atoms with van der Waals surface area (Å²) >= 11 is 0. The molecule has 3 aromatic rings. The van der Waals surface area contributed by atoms with Crippen molar-refractivity contribution in [3.05, 3.63) is 65.3 Å². The highest BCUT2D eigenvalue weighted by Gasteiger charge is 2.26. The molecule has 1 aliphatic rings. The van der Waals surface area contributed by atoms with Crippen LogP contribution in [0.4, 0.5) is 14.6 Å². The van der Waals surface area contributed by atoms with E-state index in [0.29, 0.717) is 40.6 Å². The van der Waals surface area contributed by atoms with E-state index in [1.165, 1.54) is 24.5 Å². The van der Waals surface area contributed by atoms with Gasteiger partial charge in [-0.05, 0) is 103 Å². The van der Waals surface area contributed by atoms with Gasteiger partial charge in [-0.2, -0.15) is 0 Å². The number of aromatic nitrogens is 3. The summed E-state index contributed by atoms with van der Waals surface area (Å²) in [7, 11) is 0. The van der Waals surface area contributed by atoms with Crippen LogP contribution in [-0.4, -0.2) is 57.7 Å². The molecule has 4 rings (SSSR count). The van der Waals surface area contributed by atoms with Crippen LogP contribution in [-0.2, 0) is 0 Å². The molecule has 214 valence electrons. The number of hydrogen-bond donors (Lipinski definition) is 1. The van der Waals surface area contributed by atoms with E-state index in [9.17, 15) is 0 Å². The van der Waals surface area contributed by atoms with Crippen LogP contribution in [0, 0.1) is 18.7 Å². The standard InChI is InChI=1S/C31H41F2N7/c1-19(2)39-12-10-23(11-13-39)21(5)24-8-9-29(35-16-24)36-18-37-30(27(33)17-34-7)25-14-26(32)31-28(15-25)40(20(3)4)22(6)38-31/h8-9,14-17,19-21,23H,7,10-13,18H2,1-6H3,(H,35,36)/b27-17+,37-30?. The second kappa shape index (κ2) is 12.8. The minimum Gasteiger partial charge on any atom is -0.351 e. The first-order chi connectivity index (χ1) is 19.1. The maximum absolute atomic E-state index is 15.1. The fourth-order valence-electron chi connectivity index (χ4n) is 5.69. The van der Waals surface area contributed by atoms with Crippen LogP contribution < -0.4 is 5.32 Å². The van der Waals surface area contributed by atoms with Crippen molar-refractivity contribution in [3.8, 4) is 0 Å². The average molecular weight is 550 g/mol. The lowest BCUT2D eigenvalue weighted by Crippen LogP contribution is -2.39. The molecule has 7 nitrogen and oxygen atoms in total. The number of aryl methyl sites for hydroxylation is 1. The lowest BCUT2D eigenvalue weighted by Gasteiger charge is -2.37. The molecule has 0 radical (unpaired) electrons. The van der Waals surface area contributed by atoms with E-state index in [1.54, 1.807) is 6.07 Å². The van der Waals surface area contributed by atoms with Crippen molar-refractivity contribution in [2.45, 2.75) is 72.4 Å². The molecule has 1 N–H and O–H groups in total. The molecule has 9 heteroatoms. The van der Waals surface area contributed by atoms with Crippen molar-refractivity contribution in [2.75, 3.05) is 25.1 Å².